The highest BCUT2D eigenvalue weighted by Gasteiger charge is 2.33. The smallest absolute Gasteiger partial charge is 0.405 e. The summed E-state index contributed by atoms with van der Waals surface area (Å²) in [6, 6.07) is -1.06. The third kappa shape index (κ3) is 8.42. The first kappa shape index (κ1) is 17.7. The number of hydrogen-bond donors (Lipinski definition) is 2. The summed E-state index contributed by atoms with van der Waals surface area (Å²) in [6.07, 6.45) is -1.92. The summed E-state index contributed by atoms with van der Waals surface area (Å²) in [5.41, 5.74) is -1.17. The molecule has 0 fully saturated rings. The normalized spacial score (nSPS) is 15.5. The number of hydrogen-bond acceptors (Lipinski definition) is 4. The van der Waals surface area contributed by atoms with Crippen molar-refractivity contribution in [3.05, 3.63) is 0 Å². The molecule has 0 aromatic carbocycles. The lowest BCUT2D eigenvalue weighted by atomic mass is 10.1. The van der Waals surface area contributed by atoms with E-state index in [-0.39, 0.29) is 0 Å². The lowest BCUT2D eigenvalue weighted by Crippen LogP contribution is -2.52. The van der Waals surface area contributed by atoms with Gasteiger partial charge in [0.1, 0.15) is 5.60 Å². The summed E-state index contributed by atoms with van der Waals surface area (Å²) in [6.45, 7) is 12.3. The molecular weight excluding hydrogens is 250 g/mol. The molecule has 0 unspecified atom stereocenters. The fraction of sp³-hybridized carbons (Fsp3) is 0.846. The third-order valence-electron chi connectivity index (χ3n) is 1.95. The molecule has 0 spiro atoms. The zero-order valence-electron chi connectivity index (χ0n) is 12.7. The lowest BCUT2D eigenvalue weighted by Gasteiger charge is -2.31. The van der Waals surface area contributed by atoms with Crippen LogP contribution in [0, 0.1) is 0 Å². The van der Waals surface area contributed by atoms with Crippen LogP contribution in [0.2, 0.25) is 0 Å². The van der Waals surface area contributed by atoms with Crippen LogP contribution in [0.25, 0.3) is 0 Å². The maximum absolute atomic E-state index is 12.0. The van der Waals surface area contributed by atoms with Gasteiger partial charge in [-0.2, -0.15) is 0 Å². The molecule has 0 rings (SSSR count). The summed E-state index contributed by atoms with van der Waals surface area (Å²) < 4.78 is 10.8. The quantitative estimate of drug-likeness (QED) is 0.768. The van der Waals surface area contributed by atoms with Gasteiger partial charge >= 0.3 is 12.1 Å². The minimum atomic E-state index is -1.29. The van der Waals surface area contributed by atoms with Crippen molar-refractivity contribution in [3.8, 4) is 0 Å². The number of nitrogens with one attached hydrogen (secondary N) is 1. The highest BCUT2D eigenvalue weighted by molar-refractivity contribution is 5.81. The predicted molar refractivity (Wildman–Crippen MR) is 71.1 cm³/mol. The lowest BCUT2D eigenvalue weighted by molar-refractivity contribution is -0.164. The Balaban J connectivity index is 4.90. The van der Waals surface area contributed by atoms with Gasteiger partial charge in [0.2, 0.25) is 0 Å². The SMILES string of the molecule is C[C@@H](OC(C)(C)C)[C@H](NC(=O)O)C(=O)OC(C)(C)C. The van der Waals surface area contributed by atoms with Gasteiger partial charge < -0.3 is 19.9 Å². The second-order valence-electron chi connectivity index (χ2n) is 6.40. The molecule has 0 aromatic heterocycles. The summed E-state index contributed by atoms with van der Waals surface area (Å²) in [5.74, 6) is -0.647. The molecule has 19 heavy (non-hydrogen) atoms. The average molecular weight is 275 g/mol. The van der Waals surface area contributed by atoms with Crippen LogP contribution in [0.5, 0.6) is 0 Å². The molecule has 0 bridgehead atoms. The summed E-state index contributed by atoms with van der Waals surface area (Å²) in [4.78, 5) is 22.8. The van der Waals surface area contributed by atoms with Crippen LogP contribution in [-0.2, 0) is 14.3 Å². The molecule has 0 saturated carbocycles. The van der Waals surface area contributed by atoms with Crippen molar-refractivity contribution in [2.24, 2.45) is 0 Å². The van der Waals surface area contributed by atoms with Gasteiger partial charge in [-0.05, 0) is 48.5 Å². The highest BCUT2D eigenvalue weighted by atomic mass is 16.6. The number of amides is 1. The van der Waals surface area contributed by atoms with Gasteiger partial charge in [0.15, 0.2) is 6.04 Å². The number of carboxylic acid groups (broad SMARTS) is 1. The topological polar surface area (TPSA) is 84.9 Å². The number of ether oxygens (including phenoxy) is 2. The van der Waals surface area contributed by atoms with Crippen molar-refractivity contribution < 1.29 is 24.2 Å². The Morgan fingerprint density at radius 3 is 1.84 bits per heavy atom. The predicted octanol–water partition coefficient (Wildman–Crippen LogP) is 2.17. The number of rotatable bonds is 4. The number of carbonyl (C=O) groups excluding carboxylic acids is 1. The van der Waals surface area contributed by atoms with E-state index in [1.165, 1.54) is 0 Å². The Labute approximate surface area is 114 Å². The van der Waals surface area contributed by atoms with Gasteiger partial charge in [-0.15, -0.1) is 0 Å². The Kier molecular flexibility index (Phi) is 5.81. The Hall–Kier alpha value is -1.30. The fourth-order valence-corrected chi connectivity index (χ4v) is 1.49. The zero-order chi connectivity index (χ0) is 15.4. The van der Waals surface area contributed by atoms with Crippen molar-refractivity contribution in [1.82, 2.24) is 5.32 Å². The van der Waals surface area contributed by atoms with Crippen molar-refractivity contribution in [2.45, 2.75) is 71.8 Å². The standard InChI is InChI=1S/C13H25NO5/c1-8(18-12(2,3)4)9(14-11(16)17)10(15)19-13(5,6)7/h8-9,14H,1-7H3,(H,16,17)/t8-,9+/m1/s1. The minimum absolute atomic E-state index is 0.486. The van der Waals surface area contributed by atoms with Crippen LogP contribution in [0.3, 0.4) is 0 Å². The molecule has 0 aliphatic rings. The highest BCUT2D eigenvalue weighted by Crippen LogP contribution is 2.16. The van der Waals surface area contributed by atoms with Crippen LogP contribution in [0.1, 0.15) is 48.5 Å². The van der Waals surface area contributed by atoms with Gasteiger partial charge in [0.05, 0.1) is 11.7 Å². The van der Waals surface area contributed by atoms with Gasteiger partial charge in [-0.25, -0.2) is 9.59 Å². The molecular formula is C13H25NO5. The van der Waals surface area contributed by atoms with Gasteiger partial charge in [-0.3, -0.25) is 0 Å². The Bertz CT molecular complexity index is 327. The largest absolute Gasteiger partial charge is 0.465 e. The molecule has 0 radical (unpaired) electrons. The van der Waals surface area contributed by atoms with Gasteiger partial charge in [0, 0.05) is 0 Å². The van der Waals surface area contributed by atoms with Crippen molar-refractivity contribution in [3.63, 3.8) is 0 Å². The Morgan fingerprint density at radius 1 is 1.05 bits per heavy atom. The second-order valence-corrected chi connectivity index (χ2v) is 6.40. The van der Waals surface area contributed by atoms with Gasteiger partial charge in [-0.1, -0.05) is 0 Å². The first-order valence-electron chi connectivity index (χ1n) is 6.22. The van der Waals surface area contributed by atoms with E-state index in [2.05, 4.69) is 5.32 Å². The Morgan fingerprint density at radius 2 is 1.53 bits per heavy atom. The number of esters is 1. The molecule has 0 aliphatic carbocycles. The molecule has 2 N–H and O–H groups in total. The number of carbonyl (C=O) groups is 2. The maximum atomic E-state index is 12.0. The monoisotopic (exact) mass is 275 g/mol. The summed E-state index contributed by atoms with van der Waals surface area (Å²) in [5, 5.41) is 10.9. The van der Waals surface area contributed by atoms with Crippen LogP contribution in [0.4, 0.5) is 4.79 Å². The first-order chi connectivity index (χ1) is 8.32. The third-order valence-corrected chi connectivity index (χ3v) is 1.95. The van der Waals surface area contributed by atoms with E-state index in [0.717, 1.165) is 0 Å². The van der Waals surface area contributed by atoms with Gasteiger partial charge in [0.25, 0.3) is 0 Å². The van der Waals surface area contributed by atoms with Crippen LogP contribution in [-0.4, -0.2) is 40.5 Å². The molecule has 6 nitrogen and oxygen atoms in total. The molecule has 1 amide bonds. The zero-order valence-corrected chi connectivity index (χ0v) is 12.7. The summed E-state index contributed by atoms with van der Waals surface area (Å²) >= 11 is 0. The van der Waals surface area contributed by atoms with E-state index in [4.69, 9.17) is 14.6 Å². The van der Waals surface area contributed by atoms with Crippen LogP contribution < -0.4 is 5.32 Å². The van der Waals surface area contributed by atoms with Crippen molar-refractivity contribution in [1.29, 1.82) is 0 Å². The molecule has 6 heteroatoms. The van der Waals surface area contributed by atoms with E-state index in [0.29, 0.717) is 0 Å². The fourth-order valence-electron chi connectivity index (χ4n) is 1.49. The molecule has 0 heterocycles. The van der Waals surface area contributed by atoms with E-state index < -0.39 is 35.4 Å². The maximum Gasteiger partial charge on any atom is 0.405 e. The van der Waals surface area contributed by atoms with E-state index in [9.17, 15) is 9.59 Å². The van der Waals surface area contributed by atoms with Crippen molar-refractivity contribution >= 4 is 12.1 Å². The van der Waals surface area contributed by atoms with E-state index in [1.807, 2.05) is 20.8 Å². The molecule has 0 aliphatic heterocycles. The van der Waals surface area contributed by atoms with E-state index >= 15 is 0 Å². The van der Waals surface area contributed by atoms with Crippen molar-refractivity contribution in [2.75, 3.05) is 0 Å². The molecule has 2 atom stereocenters. The second kappa shape index (κ2) is 6.23. The summed E-state index contributed by atoms with van der Waals surface area (Å²) in [7, 11) is 0. The van der Waals surface area contributed by atoms with Crippen LogP contribution >= 0.6 is 0 Å². The van der Waals surface area contributed by atoms with E-state index in [1.54, 1.807) is 27.7 Å². The molecule has 112 valence electrons. The average Bonchev–Trinajstić information content (AvgIpc) is 2.07. The molecule has 0 saturated heterocycles. The van der Waals surface area contributed by atoms with Crippen LogP contribution in [0.15, 0.2) is 0 Å². The molecule has 0 aromatic rings. The minimum Gasteiger partial charge on any atom is -0.465 e. The first-order valence-corrected chi connectivity index (χ1v) is 6.22.